The Morgan fingerprint density at radius 1 is 1.03 bits per heavy atom. The summed E-state index contributed by atoms with van der Waals surface area (Å²) in [4.78, 5) is 19.2. The molecule has 2 N–H and O–H groups in total. The summed E-state index contributed by atoms with van der Waals surface area (Å²) in [6.45, 7) is 3.90. The number of amides is 1. The van der Waals surface area contributed by atoms with Gasteiger partial charge in [0.1, 0.15) is 17.0 Å². The molecule has 1 aliphatic rings. The van der Waals surface area contributed by atoms with E-state index in [9.17, 15) is 9.90 Å². The van der Waals surface area contributed by atoms with Crippen LogP contribution >= 0.6 is 0 Å². The van der Waals surface area contributed by atoms with Crippen molar-refractivity contribution < 1.29 is 9.90 Å². The van der Waals surface area contributed by atoms with Crippen LogP contribution in [-0.2, 0) is 6.42 Å². The van der Waals surface area contributed by atoms with Gasteiger partial charge in [0.15, 0.2) is 0 Å². The van der Waals surface area contributed by atoms with Crippen molar-refractivity contribution in [1.29, 1.82) is 0 Å². The Morgan fingerprint density at radius 3 is 2.63 bits per heavy atom. The number of phenolic OH excluding ortho intramolecular Hbond substituents is 1. The quantitative estimate of drug-likeness (QED) is 0.585. The van der Waals surface area contributed by atoms with Gasteiger partial charge in [0.2, 0.25) is 0 Å². The molecule has 0 aliphatic carbocycles. The first-order valence-electron chi connectivity index (χ1n) is 10.8. The number of carbonyl (C=O) groups excluding carboxylic acids is 1. The number of likely N-dealkylation sites (tertiary alicyclic amines) is 1. The summed E-state index contributed by atoms with van der Waals surface area (Å²) in [5.74, 6) is 0.679. The fourth-order valence-electron chi connectivity index (χ4n) is 4.21. The van der Waals surface area contributed by atoms with Gasteiger partial charge in [0.05, 0.1) is 0 Å². The van der Waals surface area contributed by atoms with E-state index in [2.05, 4.69) is 45.5 Å². The summed E-state index contributed by atoms with van der Waals surface area (Å²) < 4.78 is 0. The monoisotopic (exact) mass is 403 g/mol. The second kappa shape index (κ2) is 9.72. The summed E-state index contributed by atoms with van der Waals surface area (Å²) in [7, 11) is 0. The number of hydrogen-bond acceptors (Lipinski definition) is 4. The number of aromatic nitrogens is 1. The van der Waals surface area contributed by atoms with Crippen LogP contribution in [0.15, 0.2) is 60.7 Å². The van der Waals surface area contributed by atoms with Gasteiger partial charge in [-0.05, 0) is 68.9 Å². The summed E-state index contributed by atoms with van der Waals surface area (Å²) in [5, 5.41) is 13.7. The number of nitrogens with one attached hydrogen (secondary N) is 1. The van der Waals surface area contributed by atoms with Crippen molar-refractivity contribution in [3.8, 4) is 5.75 Å². The third-order valence-electron chi connectivity index (χ3n) is 5.94. The summed E-state index contributed by atoms with van der Waals surface area (Å²) >= 11 is 0. The topological polar surface area (TPSA) is 65.5 Å². The fourth-order valence-corrected chi connectivity index (χ4v) is 4.21. The van der Waals surface area contributed by atoms with Gasteiger partial charge in [0, 0.05) is 11.9 Å². The third kappa shape index (κ3) is 5.16. The number of hydrogen-bond donors (Lipinski definition) is 2. The average molecular weight is 404 g/mol. The van der Waals surface area contributed by atoms with E-state index in [0.29, 0.717) is 17.8 Å². The number of benzene rings is 2. The molecule has 156 valence electrons. The minimum absolute atomic E-state index is 0.0952. The third-order valence-corrected chi connectivity index (χ3v) is 5.94. The van der Waals surface area contributed by atoms with Gasteiger partial charge < -0.3 is 15.3 Å². The van der Waals surface area contributed by atoms with Gasteiger partial charge in [-0.1, -0.05) is 48.5 Å². The molecule has 1 saturated heterocycles. The number of para-hydroxylation sites is 1. The van der Waals surface area contributed by atoms with Crippen LogP contribution < -0.4 is 5.32 Å². The Morgan fingerprint density at radius 2 is 1.83 bits per heavy atom. The molecule has 0 atom stereocenters. The molecule has 0 unspecified atom stereocenters. The van der Waals surface area contributed by atoms with Crippen LogP contribution in [0.1, 0.15) is 35.3 Å². The molecule has 5 nitrogen and oxygen atoms in total. The lowest BCUT2D eigenvalue weighted by molar-refractivity contribution is 0.0946. The molecule has 1 aromatic heterocycles. The maximum absolute atomic E-state index is 12.4. The molecule has 0 saturated carbocycles. The van der Waals surface area contributed by atoms with Crippen molar-refractivity contribution in [3.63, 3.8) is 0 Å². The normalized spacial score (nSPS) is 15.3. The molecular formula is C25H29N3O2. The highest BCUT2D eigenvalue weighted by atomic mass is 16.3. The first kappa shape index (κ1) is 20.4. The van der Waals surface area contributed by atoms with Crippen LogP contribution in [0.4, 0.5) is 0 Å². The number of piperidine rings is 1. The first-order chi connectivity index (χ1) is 14.7. The molecule has 1 amide bonds. The zero-order valence-corrected chi connectivity index (χ0v) is 17.3. The minimum atomic E-state index is -0.193. The fraction of sp³-hybridized carbons (Fsp3) is 0.360. The van der Waals surface area contributed by atoms with E-state index >= 15 is 0 Å². The number of pyridine rings is 1. The lowest BCUT2D eigenvalue weighted by Crippen LogP contribution is -2.36. The van der Waals surface area contributed by atoms with Gasteiger partial charge in [-0.2, -0.15) is 0 Å². The average Bonchev–Trinajstić information content (AvgIpc) is 2.78. The molecule has 1 aliphatic heterocycles. The van der Waals surface area contributed by atoms with Crippen molar-refractivity contribution in [2.24, 2.45) is 5.92 Å². The van der Waals surface area contributed by atoms with Gasteiger partial charge in [-0.15, -0.1) is 0 Å². The number of carbonyl (C=O) groups is 1. The standard InChI is InChI=1S/C25H29N3O2/c29-23-9-4-8-21-10-11-22(27-24(21)23)25(30)26-14-5-15-28-16-12-20(13-17-28)18-19-6-2-1-3-7-19/h1-4,6-11,20,29H,5,12-18H2,(H,26,30). The number of fused-ring (bicyclic) bond motifs is 1. The van der Waals surface area contributed by atoms with Gasteiger partial charge in [-0.3, -0.25) is 4.79 Å². The zero-order chi connectivity index (χ0) is 20.8. The number of phenols is 1. The van der Waals surface area contributed by atoms with Gasteiger partial charge >= 0.3 is 0 Å². The summed E-state index contributed by atoms with van der Waals surface area (Å²) in [6, 6.07) is 19.5. The highest BCUT2D eigenvalue weighted by molar-refractivity contribution is 5.95. The lowest BCUT2D eigenvalue weighted by Gasteiger charge is -2.32. The predicted octanol–water partition coefficient (Wildman–Crippen LogP) is 4.02. The highest BCUT2D eigenvalue weighted by Gasteiger charge is 2.19. The van der Waals surface area contributed by atoms with E-state index < -0.39 is 0 Å². The molecule has 4 rings (SSSR count). The minimum Gasteiger partial charge on any atom is -0.506 e. The second-order valence-electron chi connectivity index (χ2n) is 8.13. The van der Waals surface area contributed by atoms with Crippen LogP contribution in [0, 0.1) is 5.92 Å². The van der Waals surface area contributed by atoms with Gasteiger partial charge in [0.25, 0.3) is 5.91 Å². The molecule has 2 heterocycles. The molecule has 2 aromatic carbocycles. The lowest BCUT2D eigenvalue weighted by atomic mass is 9.90. The van der Waals surface area contributed by atoms with Crippen molar-refractivity contribution in [2.45, 2.75) is 25.7 Å². The molecule has 0 bridgehead atoms. The molecule has 1 fully saturated rings. The van der Waals surface area contributed by atoms with Crippen molar-refractivity contribution >= 4 is 16.8 Å². The number of rotatable bonds is 7. The van der Waals surface area contributed by atoms with E-state index in [1.165, 1.54) is 24.8 Å². The SMILES string of the molecule is O=C(NCCCN1CCC(Cc2ccccc2)CC1)c1ccc2cccc(O)c2n1. The van der Waals surface area contributed by atoms with Crippen molar-refractivity contribution in [1.82, 2.24) is 15.2 Å². The first-order valence-corrected chi connectivity index (χ1v) is 10.8. The molecule has 0 spiro atoms. The van der Waals surface area contributed by atoms with Crippen LogP contribution in [-0.4, -0.2) is 47.1 Å². The van der Waals surface area contributed by atoms with Crippen LogP contribution in [0.2, 0.25) is 0 Å². The number of nitrogens with zero attached hydrogens (tertiary/aromatic N) is 2. The molecule has 30 heavy (non-hydrogen) atoms. The van der Waals surface area contributed by atoms with Gasteiger partial charge in [-0.25, -0.2) is 4.98 Å². The van der Waals surface area contributed by atoms with Crippen molar-refractivity contribution in [3.05, 3.63) is 71.9 Å². The Balaban J connectivity index is 1.18. The van der Waals surface area contributed by atoms with E-state index in [1.54, 1.807) is 18.2 Å². The Labute approximate surface area is 177 Å². The molecule has 0 radical (unpaired) electrons. The smallest absolute Gasteiger partial charge is 0.269 e. The van der Waals surface area contributed by atoms with E-state index in [-0.39, 0.29) is 11.7 Å². The Kier molecular flexibility index (Phi) is 6.60. The number of aromatic hydroxyl groups is 1. The largest absolute Gasteiger partial charge is 0.506 e. The molecule has 3 aromatic rings. The van der Waals surface area contributed by atoms with Crippen LogP contribution in [0.5, 0.6) is 5.75 Å². The second-order valence-corrected chi connectivity index (χ2v) is 8.13. The zero-order valence-electron chi connectivity index (χ0n) is 17.3. The summed E-state index contributed by atoms with van der Waals surface area (Å²) in [5.41, 5.74) is 2.24. The van der Waals surface area contributed by atoms with Crippen LogP contribution in [0.3, 0.4) is 0 Å². The summed E-state index contributed by atoms with van der Waals surface area (Å²) in [6.07, 6.45) is 4.59. The van der Waals surface area contributed by atoms with E-state index in [1.807, 2.05) is 12.1 Å². The van der Waals surface area contributed by atoms with Crippen LogP contribution in [0.25, 0.3) is 10.9 Å². The highest BCUT2D eigenvalue weighted by Crippen LogP contribution is 2.23. The van der Waals surface area contributed by atoms with Crippen molar-refractivity contribution in [2.75, 3.05) is 26.2 Å². The Hall–Kier alpha value is -2.92. The molecular weight excluding hydrogens is 374 g/mol. The predicted molar refractivity (Wildman–Crippen MR) is 120 cm³/mol. The van der Waals surface area contributed by atoms with E-state index in [0.717, 1.165) is 37.4 Å². The Bertz CT molecular complexity index is 982. The van der Waals surface area contributed by atoms with E-state index in [4.69, 9.17) is 0 Å². The maximum Gasteiger partial charge on any atom is 0.269 e. The maximum atomic E-state index is 12.4. The molecule has 5 heteroatoms.